The van der Waals surface area contributed by atoms with Gasteiger partial charge in [-0.25, -0.2) is 0 Å². The van der Waals surface area contributed by atoms with E-state index in [1.54, 1.807) is 0 Å². The molecule has 1 aliphatic heterocycles. The molecule has 2 aliphatic rings. The number of fused-ring (bicyclic) bond motifs is 1. The van der Waals surface area contributed by atoms with Crippen molar-refractivity contribution in [1.82, 2.24) is 10.1 Å². The Morgan fingerprint density at radius 1 is 1.21 bits per heavy atom. The number of aromatic nitrogens is 2. The van der Waals surface area contributed by atoms with Crippen molar-refractivity contribution in [2.75, 3.05) is 11.4 Å². The average Bonchev–Trinajstić information content (AvgIpc) is 3.24. The van der Waals surface area contributed by atoms with Crippen molar-refractivity contribution < 1.29 is 9.32 Å². The lowest BCUT2D eigenvalue weighted by atomic mass is 9.96. The Kier molecular flexibility index (Phi) is 3.48. The molecule has 1 amide bonds. The van der Waals surface area contributed by atoms with Crippen LogP contribution in [0.25, 0.3) is 0 Å². The third-order valence-corrected chi connectivity index (χ3v) is 4.98. The number of benzene rings is 1. The Hall–Kier alpha value is -2.17. The molecule has 1 atom stereocenters. The van der Waals surface area contributed by atoms with E-state index in [9.17, 15) is 4.79 Å². The minimum Gasteiger partial charge on any atom is -0.339 e. The molecule has 5 nitrogen and oxygen atoms in total. The molecule has 24 heavy (non-hydrogen) atoms. The second kappa shape index (κ2) is 5.43. The highest BCUT2D eigenvalue weighted by atomic mass is 16.5. The number of anilines is 1. The smallest absolute Gasteiger partial charge is 0.232 e. The van der Waals surface area contributed by atoms with Crippen LogP contribution in [-0.2, 0) is 23.1 Å². The fourth-order valence-electron chi connectivity index (χ4n) is 3.55. The first-order chi connectivity index (χ1) is 11.4. The Morgan fingerprint density at radius 2 is 2.00 bits per heavy atom. The first kappa shape index (κ1) is 15.4. The van der Waals surface area contributed by atoms with Gasteiger partial charge in [0.05, 0.1) is 5.92 Å². The molecule has 1 fully saturated rings. The number of nitrogens with zero attached hydrogens (tertiary/aromatic N) is 3. The van der Waals surface area contributed by atoms with Gasteiger partial charge in [0.2, 0.25) is 11.8 Å². The van der Waals surface area contributed by atoms with Gasteiger partial charge >= 0.3 is 0 Å². The molecule has 0 saturated carbocycles. The summed E-state index contributed by atoms with van der Waals surface area (Å²) in [4.78, 5) is 18.9. The largest absolute Gasteiger partial charge is 0.339 e. The molecule has 1 aromatic heterocycles. The number of aryl methyl sites for hydroxylation is 2. The molecule has 5 heteroatoms. The molecular formula is C19H23N3O2. The van der Waals surface area contributed by atoms with E-state index >= 15 is 0 Å². The highest BCUT2D eigenvalue weighted by Crippen LogP contribution is 2.34. The van der Waals surface area contributed by atoms with Crippen LogP contribution in [0.3, 0.4) is 0 Å². The Balaban J connectivity index is 1.56. The van der Waals surface area contributed by atoms with E-state index in [0.29, 0.717) is 24.7 Å². The molecule has 2 heterocycles. The minimum absolute atomic E-state index is 0.0191. The van der Waals surface area contributed by atoms with Crippen LogP contribution in [0.4, 0.5) is 5.69 Å². The first-order valence-corrected chi connectivity index (χ1v) is 8.68. The molecule has 4 rings (SSSR count). The average molecular weight is 325 g/mol. The van der Waals surface area contributed by atoms with Crippen molar-refractivity contribution >= 4 is 11.6 Å². The third kappa shape index (κ3) is 2.62. The molecule has 0 N–H and O–H groups in total. The van der Waals surface area contributed by atoms with Gasteiger partial charge in [0, 0.05) is 24.1 Å². The van der Waals surface area contributed by atoms with Gasteiger partial charge in [-0.2, -0.15) is 4.98 Å². The summed E-state index contributed by atoms with van der Waals surface area (Å²) in [6.45, 7) is 6.78. The number of hydrogen-bond acceptors (Lipinski definition) is 4. The molecule has 2 aromatic rings. The lowest BCUT2D eigenvalue weighted by molar-refractivity contribution is -0.117. The van der Waals surface area contributed by atoms with Crippen molar-refractivity contribution in [3.8, 4) is 0 Å². The second-order valence-electron chi connectivity index (χ2n) is 7.92. The number of rotatable bonds is 2. The van der Waals surface area contributed by atoms with Gasteiger partial charge < -0.3 is 9.42 Å². The van der Waals surface area contributed by atoms with Gasteiger partial charge in [0.25, 0.3) is 0 Å². The van der Waals surface area contributed by atoms with Crippen molar-refractivity contribution in [2.24, 2.45) is 0 Å². The first-order valence-electron chi connectivity index (χ1n) is 8.68. The Labute approximate surface area is 142 Å². The van der Waals surface area contributed by atoms with Crippen LogP contribution >= 0.6 is 0 Å². The third-order valence-electron chi connectivity index (χ3n) is 4.98. The van der Waals surface area contributed by atoms with Gasteiger partial charge in [-0.3, -0.25) is 4.79 Å². The van der Waals surface area contributed by atoms with Crippen LogP contribution in [0.15, 0.2) is 22.7 Å². The van der Waals surface area contributed by atoms with Crippen molar-refractivity contribution in [3.05, 3.63) is 41.0 Å². The summed E-state index contributed by atoms with van der Waals surface area (Å²) in [5.74, 6) is 1.39. The maximum atomic E-state index is 12.5. The quantitative estimate of drug-likeness (QED) is 0.849. The van der Waals surface area contributed by atoms with Crippen LogP contribution in [0, 0.1) is 0 Å². The van der Waals surface area contributed by atoms with Crippen LogP contribution in [-0.4, -0.2) is 22.6 Å². The number of carbonyl (C=O) groups excluding carboxylic acids is 1. The molecule has 1 aliphatic carbocycles. The summed E-state index contributed by atoms with van der Waals surface area (Å²) in [7, 11) is 0. The van der Waals surface area contributed by atoms with Gasteiger partial charge in [-0.1, -0.05) is 32.0 Å². The second-order valence-corrected chi connectivity index (χ2v) is 7.92. The molecule has 0 bridgehead atoms. The fourth-order valence-corrected chi connectivity index (χ4v) is 3.55. The van der Waals surface area contributed by atoms with Gasteiger partial charge in [0.15, 0.2) is 5.82 Å². The molecule has 1 aromatic carbocycles. The van der Waals surface area contributed by atoms with Crippen LogP contribution in [0.5, 0.6) is 0 Å². The number of amides is 1. The minimum atomic E-state index is -0.149. The summed E-state index contributed by atoms with van der Waals surface area (Å²) in [5, 5.41) is 4.09. The van der Waals surface area contributed by atoms with Crippen molar-refractivity contribution in [1.29, 1.82) is 0 Å². The van der Waals surface area contributed by atoms with Crippen LogP contribution in [0.2, 0.25) is 0 Å². The summed E-state index contributed by atoms with van der Waals surface area (Å²) in [6.07, 6.45) is 3.92. The lowest BCUT2D eigenvalue weighted by Gasteiger charge is -2.17. The van der Waals surface area contributed by atoms with Gasteiger partial charge in [0.1, 0.15) is 0 Å². The summed E-state index contributed by atoms with van der Waals surface area (Å²) in [6, 6.07) is 6.42. The van der Waals surface area contributed by atoms with Gasteiger partial charge in [-0.05, 0) is 42.5 Å². The summed E-state index contributed by atoms with van der Waals surface area (Å²) < 4.78 is 5.44. The van der Waals surface area contributed by atoms with Crippen molar-refractivity contribution in [3.63, 3.8) is 0 Å². The highest BCUT2D eigenvalue weighted by molar-refractivity contribution is 5.96. The predicted octanol–water partition coefficient (Wildman–Crippen LogP) is 3.38. The van der Waals surface area contributed by atoms with E-state index < -0.39 is 0 Å². The summed E-state index contributed by atoms with van der Waals surface area (Å²) in [5.41, 5.74) is 3.66. The highest BCUT2D eigenvalue weighted by Gasteiger charge is 2.36. The fraction of sp³-hybridized carbons (Fsp3) is 0.526. The van der Waals surface area contributed by atoms with E-state index in [4.69, 9.17) is 4.52 Å². The SMILES string of the molecule is CC(C)(C)c1noc(C2CC(=O)N(c3ccc4c(c3)CCC4)C2)n1. The van der Waals surface area contributed by atoms with Crippen LogP contribution < -0.4 is 4.90 Å². The Morgan fingerprint density at radius 3 is 2.75 bits per heavy atom. The normalized spacial score (nSPS) is 20.7. The zero-order valence-corrected chi connectivity index (χ0v) is 14.5. The van der Waals surface area contributed by atoms with E-state index in [1.165, 1.54) is 17.5 Å². The standard InChI is InChI=1S/C19H23N3O2/c1-19(2,3)18-20-17(24-21-18)14-10-16(23)22(11-14)15-8-7-12-5-4-6-13(12)9-15/h7-9,14H,4-6,10-11H2,1-3H3. The zero-order chi connectivity index (χ0) is 16.9. The maximum Gasteiger partial charge on any atom is 0.232 e. The van der Waals surface area contributed by atoms with E-state index in [-0.39, 0.29) is 17.2 Å². The molecule has 1 unspecified atom stereocenters. The topological polar surface area (TPSA) is 59.2 Å². The van der Waals surface area contributed by atoms with E-state index in [2.05, 4.69) is 49.1 Å². The van der Waals surface area contributed by atoms with E-state index in [0.717, 1.165) is 18.5 Å². The number of hydrogen-bond donors (Lipinski definition) is 0. The predicted molar refractivity (Wildman–Crippen MR) is 91.2 cm³/mol. The molecule has 126 valence electrons. The molecule has 0 spiro atoms. The van der Waals surface area contributed by atoms with Crippen LogP contribution in [0.1, 0.15) is 62.4 Å². The zero-order valence-electron chi connectivity index (χ0n) is 14.5. The molecular weight excluding hydrogens is 302 g/mol. The summed E-state index contributed by atoms with van der Waals surface area (Å²) >= 11 is 0. The molecule has 0 radical (unpaired) electrons. The molecule has 1 saturated heterocycles. The van der Waals surface area contributed by atoms with Gasteiger partial charge in [-0.15, -0.1) is 0 Å². The monoisotopic (exact) mass is 325 g/mol. The lowest BCUT2D eigenvalue weighted by Crippen LogP contribution is -2.24. The maximum absolute atomic E-state index is 12.5. The Bertz CT molecular complexity index is 788. The van der Waals surface area contributed by atoms with E-state index in [1.807, 2.05) is 4.90 Å². The number of carbonyl (C=O) groups is 1. The van der Waals surface area contributed by atoms with Crippen molar-refractivity contribution in [2.45, 2.75) is 57.8 Å².